The lowest BCUT2D eigenvalue weighted by atomic mass is 9.89. The fourth-order valence-corrected chi connectivity index (χ4v) is 24.3. The van der Waals surface area contributed by atoms with Gasteiger partial charge >= 0.3 is 0 Å². The maximum absolute atomic E-state index is 4.78. The number of nitrogens with zero attached hydrogens (tertiary/aromatic N) is 6. The molecule has 0 radical (unpaired) electrons. The van der Waals surface area contributed by atoms with E-state index in [0.717, 1.165) is 65.4 Å². The van der Waals surface area contributed by atoms with Gasteiger partial charge in [0.15, 0.2) is 0 Å². The van der Waals surface area contributed by atoms with Gasteiger partial charge in [-0.25, -0.2) is 0 Å². The highest BCUT2D eigenvalue weighted by atomic mass is 32.1. The van der Waals surface area contributed by atoms with Crippen molar-refractivity contribution < 1.29 is 0 Å². The summed E-state index contributed by atoms with van der Waals surface area (Å²) in [6.07, 6.45) is 10.7. The third-order valence-electron chi connectivity index (χ3n) is 26.5. The van der Waals surface area contributed by atoms with Gasteiger partial charge in [0.25, 0.3) is 0 Å². The Morgan fingerprint density at radius 1 is 0.152 bits per heavy atom. The molecule has 0 spiro atoms. The summed E-state index contributed by atoms with van der Waals surface area (Å²) in [4.78, 5) is 28.3. The van der Waals surface area contributed by atoms with E-state index in [2.05, 4.69) is 408 Å². The second-order valence-corrected chi connectivity index (χ2v) is 37.5. The van der Waals surface area contributed by atoms with Crippen LogP contribution < -0.4 is 0 Å². The highest BCUT2D eigenvalue weighted by Crippen LogP contribution is 2.51. The molecule has 6 aromatic heterocycles. The van der Waals surface area contributed by atoms with Crippen molar-refractivity contribution in [3.63, 3.8) is 0 Å². The summed E-state index contributed by atoms with van der Waals surface area (Å²) in [5.74, 6) is 0. The topological polar surface area (TPSA) is 77.3 Å². The van der Waals surface area contributed by atoms with Crippen LogP contribution in [0.3, 0.4) is 0 Å². The Labute approximate surface area is 773 Å². The van der Waals surface area contributed by atoms with E-state index in [1.54, 1.807) is 37.2 Å². The summed E-state index contributed by atoms with van der Waals surface area (Å²) in [6, 6.07) is 139. The summed E-state index contributed by atoms with van der Waals surface area (Å²) in [5.41, 5.74) is 31.9. The Bertz CT molecular complexity index is 9280. The lowest BCUT2D eigenvalue weighted by Crippen LogP contribution is -1.90. The molecular weight excluding hydrogens is 1660 g/mol. The predicted octanol–water partition coefficient (Wildman–Crippen LogP) is 34.8. The molecule has 0 fully saturated rings. The number of fused-ring (bicyclic) bond motifs is 27. The minimum absolute atomic E-state index is 0.938. The molecule has 27 aromatic rings. The fraction of sp³-hybridized carbons (Fsp3) is 0.0244. The first-order valence-corrected chi connectivity index (χ1v) is 47.2. The third kappa shape index (κ3) is 13.3. The van der Waals surface area contributed by atoms with Crippen LogP contribution in [-0.4, -0.2) is 29.9 Å². The highest BCUT2D eigenvalue weighted by molar-refractivity contribution is 7.27. The van der Waals surface area contributed by atoms with Crippen molar-refractivity contribution in [2.75, 3.05) is 0 Å². The first-order chi connectivity index (χ1) is 65.2. The number of aryl methyl sites for hydroxylation is 3. The molecule has 0 saturated carbocycles. The molecule has 0 aliphatic heterocycles. The van der Waals surface area contributed by atoms with E-state index in [4.69, 9.17) is 24.9 Å². The van der Waals surface area contributed by atoms with Crippen molar-refractivity contribution in [1.29, 1.82) is 0 Å². The molecule has 0 N–H and O–H groups in total. The van der Waals surface area contributed by atoms with E-state index >= 15 is 0 Å². The van der Waals surface area contributed by atoms with Gasteiger partial charge in [0, 0.05) is 141 Å². The van der Waals surface area contributed by atoms with Crippen molar-refractivity contribution >= 4 is 192 Å². The number of benzene rings is 21. The minimum Gasteiger partial charge on any atom is -0.252 e. The molecule has 0 amide bonds. The van der Waals surface area contributed by atoms with Crippen LogP contribution in [0.4, 0.5) is 0 Å². The molecule has 0 saturated heterocycles. The average Bonchev–Trinajstić information content (AvgIpc) is 0.969. The largest absolute Gasteiger partial charge is 0.252 e. The van der Waals surface area contributed by atoms with E-state index in [1.807, 2.05) is 34.0 Å². The second-order valence-electron chi connectivity index (χ2n) is 34.4. The summed E-state index contributed by atoms with van der Waals surface area (Å²) in [6.45, 7) is 6.63. The first-order valence-electron chi connectivity index (χ1n) is 44.7. The molecule has 6 nitrogen and oxygen atoms in total. The van der Waals surface area contributed by atoms with Crippen molar-refractivity contribution in [1.82, 2.24) is 29.9 Å². The zero-order valence-corrected chi connectivity index (χ0v) is 74.7. The Balaban J connectivity index is 0.000000107. The van der Waals surface area contributed by atoms with Crippen molar-refractivity contribution in [2.45, 2.75) is 20.8 Å². The van der Waals surface area contributed by atoms with Gasteiger partial charge in [-0.2, -0.15) is 0 Å². The van der Waals surface area contributed by atoms with Gasteiger partial charge in [0.1, 0.15) is 0 Å². The fourth-order valence-electron chi connectivity index (χ4n) is 20.4. The van der Waals surface area contributed by atoms with E-state index in [9.17, 15) is 0 Å². The smallest absolute Gasteiger partial charge is 0.0971 e. The molecule has 132 heavy (non-hydrogen) atoms. The summed E-state index contributed by atoms with van der Waals surface area (Å²) < 4.78 is 8.01. The average molecular weight is 1740 g/mol. The molecular formula is C123H78N6S3. The monoisotopic (exact) mass is 1730 g/mol. The van der Waals surface area contributed by atoms with E-state index in [-0.39, 0.29) is 0 Å². The molecule has 9 heteroatoms. The van der Waals surface area contributed by atoms with Gasteiger partial charge < -0.3 is 0 Å². The Morgan fingerprint density at radius 3 is 0.977 bits per heavy atom. The van der Waals surface area contributed by atoms with Crippen molar-refractivity contribution in [3.8, 4) is 100 Å². The first kappa shape index (κ1) is 78.1. The maximum atomic E-state index is 4.78. The van der Waals surface area contributed by atoms with Crippen LogP contribution in [0.2, 0.25) is 0 Å². The maximum Gasteiger partial charge on any atom is 0.0971 e. The summed E-state index contributed by atoms with van der Waals surface area (Å²) in [7, 11) is 0. The van der Waals surface area contributed by atoms with Gasteiger partial charge in [-0.3, -0.25) is 29.9 Å². The number of thiophene rings is 3. The van der Waals surface area contributed by atoms with Crippen LogP contribution in [0, 0.1) is 20.8 Å². The van der Waals surface area contributed by atoms with Gasteiger partial charge in [0.05, 0.1) is 33.1 Å². The zero-order valence-electron chi connectivity index (χ0n) is 72.2. The lowest BCUT2D eigenvalue weighted by Gasteiger charge is -2.15. The normalized spacial score (nSPS) is 11.8. The van der Waals surface area contributed by atoms with Crippen LogP contribution in [0.15, 0.2) is 419 Å². The van der Waals surface area contributed by atoms with E-state index in [0.29, 0.717) is 0 Å². The molecule has 618 valence electrons. The van der Waals surface area contributed by atoms with Crippen LogP contribution in [0.1, 0.15) is 16.7 Å². The quantitative estimate of drug-likeness (QED) is 0.134. The van der Waals surface area contributed by atoms with Gasteiger partial charge in [0.2, 0.25) is 0 Å². The number of hydrogen-bond donors (Lipinski definition) is 0. The van der Waals surface area contributed by atoms with Gasteiger partial charge in [-0.15, -0.1) is 34.0 Å². The summed E-state index contributed by atoms with van der Waals surface area (Å²) >= 11 is 5.70. The van der Waals surface area contributed by atoms with Crippen LogP contribution in [0.25, 0.3) is 258 Å². The van der Waals surface area contributed by atoms with Crippen molar-refractivity contribution in [3.05, 3.63) is 436 Å². The molecule has 0 atom stereocenters. The van der Waals surface area contributed by atoms with Crippen LogP contribution >= 0.6 is 34.0 Å². The number of aromatic nitrogens is 6. The van der Waals surface area contributed by atoms with E-state index < -0.39 is 0 Å². The predicted molar refractivity (Wildman–Crippen MR) is 565 cm³/mol. The van der Waals surface area contributed by atoms with Gasteiger partial charge in [-0.1, -0.05) is 327 Å². The molecule has 0 aliphatic carbocycles. The zero-order chi connectivity index (χ0) is 87.6. The number of hydrogen-bond acceptors (Lipinski definition) is 9. The molecule has 6 heterocycles. The standard InChI is InChI=1S/C46H28N2S.C40H24N2S.C37H26N2S/c1-3-11-29(12-4-1)31-20-22-43-40(25-31)42-28-33(30-13-5-2-6-14-30)27-41(46(42)49-43)35-16-8-7-15-34(35)32-19-21-38-39(26-32)36-17-9-10-18-37(36)44-45(38)48-24-23-47-44;1-2-10-25(11-3-1)28-16-8-18-34-35-19-9-17-33(40(35)43-39(28)34)29-13-5-4-12-27(29)26-20-21-32-36(24-26)30-14-6-7-15-31(30)37-38(32)42-23-22-41-37;1-21-16-23(3)36-32(18-21)33-19-22(2)17-30(37(33)40-36)25-10-8-24(9-11-25)26-12-13-29-31(20-26)27-6-4-5-7-28(27)34-35(29)39-15-14-38-34/h1-28H;1-24H;4-20H,1-3H3. The molecule has 27 rings (SSSR count). The third-order valence-corrected chi connectivity index (χ3v) is 30.4. The second kappa shape index (κ2) is 32.3. The van der Waals surface area contributed by atoms with Crippen molar-refractivity contribution in [2.24, 2.45) is 0 Å². The molecule has 0 bridgehead atoms. The SMILES string of the molecule is Cc1cc(C)c2sc3c(-c4ccc(-c5ccc6c(c5)c5ccccc5c5nccnc65)cc4)cc(C)cc3c2c1.c1ccc(-c2ccc3sc4c(-c5ccccc5-c5ccc6c(c5)c5ccccc5c5nccnc65)cc(-c5ccccc5)cc4c3c2)cc1.c1ccc(-c2cccc3c2sc2c(-c4ccccc4-c4ccc5c(c4)c4ccccc4c4nccnc54)cccc23)cc1. The highest BCUT2D eigenvalue weighted by Gasteiger charge is 2.24. The Hall–Kier alpha value is -16.1. The van der Waals surface area contributed by atoms with E-state index in [1.165, 1.54) is 210 Å². The molecule has 0 aliphatic rings. The Kier molecular flexibility index (Phi) is 19.1. The lowest BCUT2D eigenvalue weighted by molar-refractivity contribution is 1.31. The molecule has 0 unspecified atom stereocenters. The van der Waals surface area contributed by atoms with Crippen LogP contribution in [-0.2, 0) is 0 Å². The molecule has 21 aromatic carbocycles. The number of rotatable bonds is 9. The van der Waals surface area contributed by atoms with Gasteiger partial charge in [-0.05, 0) is 214 Å². The Morgan fingerprint density at radius 2 is 0.462 bits per heavy atom. The van der Waals surface area contributed by atoms with Crippen LogP contribution in [0.5, 0.6) is 0 Å². The summed E-state index contributed by atoms with van der Waals surface area (Å²) in [5, 5.41) is 21.9. The minimum atomic E-state index is 0.938.